The van der Waals surface area contributed by atoms with Crippen LogP contribution in [0, 0.1) is 0 Å². The fourth-order valence-electron chi connectivity index (χ4n) is 2.73. The van der Waals surface area contributed by atoms with E-state index in [2.05, 4.69) is 0 Å². The Kier molecular flexibility index (Phi) is 8.60. The van der Waals surface area contributed by atoms with Gasteiger partial charge in [0.15, 0.2) is 5.78 Å². The van der Waals surface area contributed by atoms with Crippen molar-refractivity contribution in [3.8, 4) is 0 Å². The number of rotatable bonds is 11. The van der Waals surface area contributed by atoms with Gasteiger partial charge < -0.3 is 14.9 Å². The zero-order valence-corrected chi connectivity index (χ0v) is 15.5. The average Bonchev–Trinajstić information content (AvgIpc) is 3.24. The molecule has 4 heteroatoms. The molecule has 1 saturated heterocycles. The molecule has 1 rings (SSSR count). The van der Waals surface area contributed by atoms with Gasteiger partial charge in [0.1, 0.15) is 5.60 Å². The van der Waals surface area contributed by atoms with E-state index in [4.69, 9.17) is 9.84 Å². The summed E-state index contributed by atoms with van der Waals surface area (Å²) in [6.45, 7) is 7.88. The number of carbonyl (C=O) groups excluding carboxylic acids is 1. The fourth-order valence-corrected chi connectivity index (χ4v) is 2.73. The summed E-state index contributed by atoms with van der Waals surface area (Å²) in [6.07, 6.45) is 9.39. The van der Waals surface area contributed by atoms with Gasteiger partial charge in [-0.2, -0.15) is 0 Å². The molecule has 2 atom stereocenters. The molecule has 0 aromatic heterocycles. The Morgan fingerprint density at radius 1 is 1.12 bits per heavy atom. The van der Waals surface area contributed by atoms with Crippen LogP contribution in [0.4, 0.5) is 0 Å². The predicted octanol–water partition coefficient (Wildman–Crippen LogP) is 3.49. The summed E-state index contributed by atoms with van der Waals surface area (Å²) in [5.41, 5.74) is 2.62. The number of epoxide rings is 1. The van der Waals surface area contributed by atoms with Crippen LogP contribution >= 0.6 is 0 Å². The number of aliphatic hydroxyl groups is 2. The van der Waals surface area contributed by atoms with E-state index in [0.717, 1.165) is 42.4 Å². The Hall–Kier alpha value is -1.23. The maximum atomic E-state index is 12.0. The highest BCUT2D eigenvalue weighted by atomic mass is 16.6. The summed E-state index contributed by atoms with van der Waals surface area (Å²) in [4.78, 5) is 12.0. The summed E-state index contributed by atoms with van der Waals surface area (Å²) in [5, 5.41) is 18.5. The molecule has 4 nitrogen and oxygen atoms in total. The molecule has 2 N–H and O–H groups in total. The first kappa shape index (κ1) is 20.8. The minimum absolute atomic E-state index is 0.0129. The second-order valence-electron chi connectivity index (χ2n) is 6.94. The first-order valence-corrected chi connectivity index (χ1v) is 8.73. The van der Waals surface area contributed by atoms with Gasteiger partial charge in [0.05, 0.1) is 19.3 Å². The molecule has 0 radical (unpaired) electrons. The molecule has 0 aromatic carbocycles. The number of Topliss-reactive ketones (excluding diaryl/α,β-unsaturated/α-hetero) is 1. The maximum Gasteiger partial charge on any atom is 0.162 e. The number of hydrogen-bond acceptors (Lipinski definition) is 4. The van der Waals surface area contributed by atoms with Crippen molar-refractivity contribution >= 4 is 5.78 Å². The summed E-state index contributed by atoms with van der Waals surface area (Å²) < 4.78 is 5.74. The number of aliphatic hydroxyl groups excluding tert-OH is 2. The van der Waals surface area contributed by atoms with Crippen LogP contribution in [-0.2, 0) is 9.53 Å². The molecule has 1 heterocycles. The lowest BCUT2D eigenvalue weighted by Gasteiger charge is -2.08. The quantitative estimate of drug-likeness (QED) is 0.344. The average molecular weight is 336 g/mol. The first-order chi connectivity index (χ1) is 11.3. The topological polar surface area (TPSA) is 70.1 Å². The third-order valence-electron chi connectivity index (χ3n) is 4.57. The van der Waals surface area contributed by atoms with E-state index in [1.165, 1.54) is 0 Å². The van der Waals surface area contributed by atoms with Crippen LogP contribution in [0.1, 0.15) is 59.8 Å². The molecule has 0 spiro atoms. The first-order valence-electron chi connectivity index (χ1n) is 8.73. The third kappa shape index (κ3) is 6.71. The SMILES string of the molecule is CC(C)=CCC(=O)/C(C)=C/CC[C@@]1(CO)O[C@@H]1CC/C(C)=C\CO. The summed E-state index contributed by atoms with van der Waals surface area (Å²) in [7, 11) is 0. The van der Waals surface area contributed by atoms with Crippen LogP contribution in [0.3, 0.4) is 0 Å². The van der Waals surface area contributed by atoms with Crippen molar-refractivity contribution in [2.24, 2.45) is 0 Å². The molecule has 136 valence electrons. The molecule has 24 heavy (non-hydrogen) atoms. The van der Waals surface area contributed by atoms with Crippen LogP contribution in [0.5, 0.6) is 0 Å². The number of carbonyl (C=O) groups is 1. The summed E-state index contributed by atoms with van der Waals surface area (Å²) in [5.74, 6) is 0.146. The Bertz CT molecular complexity index is 512. The summed E-state index contributed by atoms with van der Waals surface area (Å²) >= 11 is 0. The van der Waals surface area contributed by atoms with Gasteiger partial charge in [0.25, 0.3) is 0 Å². The standard InChI is InChI=1S/C20H32O4/c1-15(2)7-9-18(23)17(4)6-5-12-20(14-22)19(24-20)10-8-16(3)11-13-21/h6-7,11,19,21-22H,5,8-10,12-14H2,1-4H3/b16-11-,17-6+/t19-,20+/m1/s1. The highest BCUT2D eigenvalue weighted by Gasteiger charge is 2.54. The molecule has 1 aliphatic rings. The van der Waals surface area contributed by atoms with Crippen molar-refractivity contribution in [1.82, 2.24) is 0 Å². The van der Waals surface area contributed by atoms with E-state index in [-0.39, 0.29) is 25.1 Å². The minimum Gasteiger partial charge on any atom is -0.393 e. The molecule has 0 unspecified atom stereocenters. The molecule has 1 aliphatic heterocycles. The summed E-state index contributed by atoms with van der Waals surface area (Å²) in [6, 6.07) is 0. The Morgan fingerprint density at radius 3 is 2.42 bits per heavy atom. The van der Waals surface area contributed by atoms with Crippen molar-refractivity contribution in [1.29, 1.82) is 0 Å². The van der Waals surface area contributed by atoms with Gasteiger partial charge in [-0.05, 0) is 59.0 Å². The molecular formula is C20H32O4. The fraction of sp³-hybridized carbons (Fsp3) is 0.650. The van der Waals surface area contributed by atoms with Crippen LogP contribution in [0.25, 0.3) is 0 Å². The zero-order valence-electron chi connectivity index (χ0n) is 15.5. The van der Waals surface area contributed by atoms with Crippen LogP contribution in [-0.4, -0.2) is 40.9 Å². The Morgan fingerprint density at radius 2 is 1.83 bits per heavy atom. The second kappa shape index (κ2) is 9.92. The second-order valence-corrected chi connectivity index (χ2v) is 6.94. The van der Waals surface area contributed by atoms with Gasteiger partial charge in [-0.3, -0.25) is 4.79 Å². The van der Waals surface area contributed by atoms with E-state index in [1.807, 2.05) is 39.8 Å². The monoisotopic (exact) mass is 336 g/mol. The molecule has 0 aliphatic carbocycles. The van der Waals surface area contributed by atoms with E-state index in [9.17, 15) is 9.90 Å². The van der Waals surface area contributed by atoms with E-state index >= 15 is 0 Å². The Balaban J connectivity index is 2.42. The molecule has 0 aromatic rings. The van der Waals surface area contributed by atoms with Gasteiger partial charge >= 0.3 is 0 Å². The maximum absolute atomic E-state index is 12.0. The lowest BCUT2D eigenvalue weighted by molar-refractivity contribution is -0.114. The van der Waals surface area contributed by atoms with Crippen molar-refractivity contribution < 1.29 is 19.7 Å². The largest absolute Gasteiger partial charge is 0.393 e. The van der Waals surface area contributed by atoms with Crippen molar-refractivity contribution in [2.45, 2.75) is 71.5 Å². The van der Waals surface area contributed by atoms with Crippen molar-refractivity contribution in [3.05, 3.63) is 34.9 Å². The van der Waals surface area contributed by atoms with Crippen LogP contribution in [0.2, 0.25) is 0 Å². The van der Waals surface area contributed by atoms with E-state index in [0.29, 0.717) is 6.42 Å². The normalized spacial score (nSPS) is 24.0. The predicted molar refractivity (Wildman–Crippen MR) is 96.8 cm³/mol. The zero-order chi connectivity index (χ0) is 18.2. The minimum atomic E-state index is -0.445. The van der Waals surface area contributed by atoms with Crippen LogP contribution < -0.4 is 0 Å². The molecule has 1 fully saturated rings. The molecular weight excluding hydrogens is 304 g/mol. The van der Waals surface area contributed by atoms with Gasteiger partial charge in [-0.25, -0.2) is 0 Å². The lowest BCUT2D eigenvalue weighted by atomic mass is 9.95. The molecule has 0 amide bonds. The van der Waals surface area contributed by atoms with Gasteiger partial charge in [0.2, 0.25) is 0 Å². The van der Waals surface area contributed by atoms with Crippen molar-refractivity contribution in [2.75, 3.05) is 13.2 Å². The smallest absolute Gasteiger partial charge is 0.162 e. The number of ether oxygens (including phenoxy) is 1. The van der Waals surface area contributed by atoms with E-state index < -0.39 is 5.60 Å². The Labute approximate surface area is 145 Å². The highest BCUT2D eigenvalue weighted by Crippen LogP contribution is 2.43. The number of allylic oxidation sites excluding steroid dienone is 5. The number of ketones is 1. The lowest BCUT2D eigenvalue weighted by Crippen LogP contribution is -2.20. The third-order valence-corrected chi connectivity index (χ3v) is 4.57. The number of hydrogen-bond donors (Lipinski definition) is 2. The van der Waals surface area contributed by atoms with Gasteiger partial charge in [0, 0.05) is 6.42 Å². The van der Waals surface area contributed by atoms with Crippen LogP contribution in [0.15, 0.2) is 34.9 Å². The molecule has 0 saturated carbocycles. The van der Waals surface area contributed by atoms with Crippen molar-refractivity contribution in [3.63, 3.8) is 0 Å². The van der Waals surface area contributed by atoms with Gasteiger partial charge in [-0.15, -0.1) is 0 Å². The van der Waals surface area contributed by atoms with E-state index in [1.54, 1.807) is 6.08 Å². The highest BCUT2D eigenvalue weighted by molar-refractivity contribution is 5.95. The molecule has 0 bridgehead atoms. The van der Waals surface area contributed by atoms with Gasteiger partial charge in [-0.1, -0.05) is 29.4 Å².